The third-order valence-corrected chi connectivity index (χ3v) is 5.74. The van der Waals surface area contributed by atoms with E-state index in [0.717, 1.165) is 39.1 Å². The quantitative estimate of drug-likeness (QED) is 0.340. The number of carbonyl (C=O) groups is 1. The first-order chi connectivity index (χ1) is 16.0. The highest BCUT2D eigenvalue weighted by Gasteiger charge is 2.14. The van der Waals surface area contributed by atoms with Crippen molar-refractivity contribution in [1.82, 2.24) is 14.9 Å². The van der Waals surface area contributed by atoms with Crippen LogP contribution in [0.2, 0.25) is 0 Å². The number of aromatic amines is 1. The minimum atomic E-state index is -0.388. The molecule has 0 bridgehead atoms. The second-order valence-electron chi connectivity index (χ2n) is 7.86. The number of aromatic nitrogens is 2. The molecule has 2 heterocycles. The molecule has 1 amide bonds. The van der Waals surface area contributed by atoms with Gasteiger partial charge < -0.3 is 14.9 Å². The normalized spacial score (nSPS) is 11.2. The van der Waals surface area contributed by atoms with Gasteiger partial charge in [0.2, 0.25) is 0 Å². The van der Waals surface area contributed by atoms with Crippen LogP contribution in [0.3, 0.4) is 0 Å². The maximum atomic E-state index is 12.7. The lowest BCUT2D eigenvalue weighted by molar-refractivity contribution is -0.117. The average molecular weight is 434 g/mol. The maximum Gasteiger partial charge on any atom is 0.261 e. The van der Waals surface area contributed by atoms with Crippen molar-refractivity contribution in [2.75, 3.05) is 6.54 Å². The van der Waals surface area contributed by atoms with Crippen molar-refractivity contribution in [1.29, 1.82) is 10.5 Å². The van der Waals surface area contributed by atoms with Crippen LogP contribution in [0.1, 0.15) is 28.1 Å². The molecule has 0 fully saturated rings. The minimum absolute atomic E-state index is 0.0639. The van der Waals surface area contributed by atoms with E-state index in [4.69, 9.17) is 5.26 Å². The number of nitrogens with one attached hydrogen (secondary N) is 2. The number of rotatable bonds is 6. The molecule has 33 heavy (non-hydrogen) atoms. The fourth-order valence-corrected chi connectivity index (χ4v) is 4.06. The van der Waals surface area contributed by atoms with Crippen LogP contribution in [0.4, 0.5) is 0 Å². The lowest BCUT2D eigenvalue weighted by Crippen LogP contribution is -2.26. The molecular formula is C27H23N5O. The van der Waals surface area contributed by atoms with Crippen LogP contribution in [-0.4, -0.2) is 22.0 Å². The number of carbonyl (C=O) groups excluding carboxylic acids is 1. The van der Waals surface area contributed by atoms with Gasteiger partial charge in [-0.1, -0.05) is 18.2 Å². The topological polar surface area (TPSA) is 97.4 Å². The Balaban J connectivity index is 1.49. The second-order valence-corrected chi connectivity index (χ2v) is 7.86. The molecule has 0 atom stereocenters. The number of aryl methyl sites for hydroxylation is 1. The van der Waals surface area contributed by atoms with E-state index in [2.05, 4.69) is 16.4 Å². The zero-order chi connectivity index (χ0) is 23.4. The molecule has 0 saturated carbocycles. The summed E-state index contributed by atoms with van der Waals surface area (Å²) in [5.41, 5.74) is 6.46. The Morgan fingerprint density at radius 3 is 2.61 bits per heavy atom. The minimum Gasteiger partial charge on any atom is -0.361 e. The molecule has 0 radical (unpaired) electrons. The molecule has 0 spiro atoms. The number of fused-ring (bicyclic) bond motifs is 1. The number of nitrogens with zero attached hydrogens (tertiary/aromatic N) is 3. The standard InChI is InChI=1S/C27H23N5O/c1-18-13-22(19(2)32(18)24-9-7-20(15-28)8-10-24)14-23(16-29)27(33)30-12-11-21-17-31-26-6-4-3-5-25(21)26/h3-10,13-14,17,31H,11-12H2,1-2H3,(H,30,33)/b23-14-. The van der Waals surface area contributed by atoms with E-state index in [0.29, 0.717) is 18.5 Å². The monoisotopic (exact) mass is 433 g/mol. The zero-order valence-corrected chi connectivity index (χ0v) is 18.5. The smallest absolute Gasteiger partial charge is 0.261 e. The van der Waals surface area contributed by atoms with Crippen LogP contribution in [0.25, 0.3) is 22.7 Å². The summed E-state index contributed by atoms with van der Waals surface area (Å²) >= 11 is 0. The van der Waals surface area contributed by atoms with Crippen molar-refractivity contribution < 1.29 is 4.79 Å². The summed E-state index contributed by atoms with van der Waals surface area (Å²) in [4.78, 5) is 15.9. The fraction of sp³-hybridized carbons (Fsp3) is 0.148. The van der Waals surface area contributed by atoms with Crippen LogP contribution in [0.15, 0.2) is 66.4 Å². The number of amides is 1. The molecule has 6 nitrogen and oxygen atoms in total. The second kappa shape index (κ2) is 9.30. The van der Waals surface area contributed by atoms with Crippen molar-refractivity contribution in [3.05, 3.63) is 94.4 Å². The first-order valence-corrected chi connectivity index (χ1v) is 10.7. The molecule has 0 saturated heterocycles. The lowest BCUT2D eigenvalue weighted by atomic mass is 10.1. The Bertz CT molecular complexity index is 1440. The van der Waals surface area contributed by atoms with Crippen molar-refractivity contribution >= 4 is 22.9 Å². The number of H-pyrrole nitrogens is 1. The molecule has 0 aliphatic carbocycles. The molecule has 6 heteroatoms. The number of para-hydroxylation sites is 1. The van der Waals surface area contributed by atoms with E-state index in [1.54, 1.807) is 18.2 Å². The number of benzene rings is 2. The van der Waals surface area contributed by atoms with Crippen LogP contribution >= 0.6 is 0 Å². The van der Waals surface area contributed by atoms with Crippen molar-refractivity contribution in [3.8, 4) is 17.8 Å². The van der Waals surface area contributed by atoms with Gasteiger partial charge in [0.1, 0.15) is 11.6 Å². The Kier molecular flexibility index (Phi) is 6.11. The van der Waals surface area contributed by atoms with Crippen molar-refractivity contribution in [2.24, 2.45) is 0 Å². The van der Waals surface area contributed by atoms with Crippen LogP contribution in [0, 0.1) is 36.5 Å². The van der Waals surface area contributed by atoms with E-state index >= 15 is 0 Å². The summed E-state index contributed by atoms with van der Waals surface area (Å²) in [6, 6.07) is 21.4. The Labute approximate surface area is 192 Å². The highest BCUT2D eigenvalue weighted by atomic mass is 16.1. The summed E-state index contributed by atoms with van der Waals surface area (Å²) in [5, 5.41) is 22.6. The molecule has 162 valence electrons. The van der Waals surface area contributed by atoms with E-state index < -0.39 is 0 Å². The lowest BCUT2D eigenvalue weighted by Gasteiger charge is -2.09. The largest absolute Gasteiger partial charge is 0.361 e. The van der Waals surface area contributed by atoms with Crippen LogP contribution in [0.5, 0.6) is 0 Å². The van der Waals surface area contributed by atoms with Gasteiger partial charge in [0, 0.05) is 40.7 Å². The summed E-state index contributed by atoms with van der Waals surface area (Å²) < 4.78 is 2.04. The first-order valence-electron chi connectivity index (χ1n) is 10.7. The highest BCUT2D eigenvalue weighted by Crippen LogP contribution is 2.23. The van der Waals surface area contributed by atoms with E-state index in [-0.39, 0.29) is 11.5 Å². The molecule has 0 aliphatic heterocycles. The average Bonchev–Trinajstić information content (AvgIpc) is 3.37. The zero-order valence-electron chi connectivity index (χ0n) is 18.5. The predicted octanol–water partition coefficient (Wildman–Crippen LogP) is 4.71. The number of hydrogen-bond donors (Lipinski definition) is 2. The van der Waals surface area contributed by atoms with E-state index in [1.165, 1.54) is 0 Å². The maximum absolute atomic E-state index is 12.7. The van der Waals surface area contributed by atoms with Crippen molar-refractivity contribution in [2.45, 2.75) is 20.3 Å². The predicted molar refractivity (Wildman–Crippen MR) is 129 cm³/mol. The van der Waals surface area contributed by atoms with Gasteiger partial charge in [-0.2, -0.15) is 10.5 Å². The molecule has 4 aromatic rings. The molecule has 2 N–H and O–H groups in total. The van der Waals surface area contributed by atoms with Gasteiger partial charge in [-0.05, 0) is 73.9 Å². The summed E-state index contributed by atoms with van der Waals surface area (Å²) in [6.07, 6.45) is 4.25. The molecule has 2 aromatic heterocycles. The summed E-state index contributed by atoms with van der Waals surface area (Å²) in [7, 11) is 0. The van der Waals surface area contributed by atoms with Crippen LogP contribution in [-0.2, 0) is 11.2 Å². The van der Waals surface area contributed by atoms with Gasteiger partial charge in [-0.3, -0.25) is 4.79 Å². The Hall–Kier alpha value is -4.55. The van der Waals surface area contributed by atoms with Gasteiger partial charge in [0.05, 0.1) is 11.6 Å². The van der Waals surface area contributed by atoms with Gasteiger partial charge in [-0.25, -0.2) is 0 Å². The third-order valence-electron chi connectivity index (χ3n) is 5.74. The van der Waals surface area contributed by atoms with Gasteiger partial charge in [0.25, 0.3) is 5.91 Å². The molecule has 0 unspecified atom stereocenters. The molecule has 0 aliphatic rings. The summed E-state index contributed by atoms with van der Waals surface area (Å²) in [6.45, 7) is 4.35. The number of hydrogen-bond acceptors (Lipinski definition) is 3. The fourth-order valence-electron chi connectivity index (χ4n) is 4.06. The Morgan fingerprint density at radius 1 is 1.12 bits per heavy atom. The van der Waals surface area contributed by atoms with Gasteiger partial charge in [-0.15, -0.1) is 0 Å². The Morgan fingerprint density at radius 2 is 1.88 bits per heavy atom. The molecular weight excluding hydrogens is 410 g/mol. The third kappa shape index (κ3) is 4.42. The van der Waals surface area contributed by atoms with Crippen molar-refractivity contribution in [3.63, 3.8) is 0 Å². The van der Waals surface area contributed by atoms with Gasteiger partial charge >= 0.3 is 0 Å². The van der Waals surface area contributed by atoms with Crippen LogP contribution < -0.4 is 5.32 Å². The first kappa shape index (κ1) is 21.7. The summed E-state index contributed by atoms with van der Waals surface area (Å²) in [5.74, 6) is -0.388. The van der Waals surface area contributed by atoms with E-state index in [1.807, 2.05) is 73.1 Å². The highest BCUT2D eigenvalue weighted by molar-refractivity contribution is 6.01. The van der Waals surface area contributed by atoms with E-state index in [9.17, 15) is 10.1 Å². The molecule has 2 aromatic carbocycles. The van der Waals surface area contributed by atoms with Gasteiger partial charge in [0.15, 0.2) is 0 Å². The SMILES string of the molecule is Cc1cc(/C=C(/C#N)C(=O)NCCc2c[nH]c3ccccc23)c(C)n1-c1ccc(C#N)cc1. The molecule has 4 rings (SSSR count). The number of nitriles is 2.